The monoisotopic (exact) mass is 407 g/mol. The van der Waals surface area contributed by atoms with Gasteiger partial charge in [0.15, 0.2) is 5.67 Å². The number of carbonyl (C=O) groups is 1. The molecule has 1 saturated heterocycles. The van der Waals surface area contributed by atoms with Gasteiger partial charge in [-0.1, -0.05) is 18.6 Å². The highest BCUT2D eigenvalue weighted by atomic mass is 19.1. The molecule has 1 aliphatic carbocycles. The molecule has 0 atom stereocenters. The summed E-state index contributed by atoms with van der Waals surface area (Å²) in [5, 5.41) is 9.05. The van der Waals surface area contributed by atoms with E-state index in [0.29, 0.717) is 5.82 Å². The Balaban J connectivity index is 1.44. The molecule has 156 valence electrons. The lowest BCUT2D eigenvalue weighted by molar-refractivity contribution is -0.122. The fourth-order valence-corrected chi connectivity index (χ4v) is 4.16. The number of alkyl halides is 1. The number of amides is 1. The van der Waals surface area contributed by atoms with Crippen LogP contribution in [-0.2, 0) is 18.4 Å². The van der Waals surface area contributed by atoms with Crippen LogP contribution in [0.25, 0.3) is 21.9 Å². The molecule has 7 heteroatoms. The molecular weight excluding hydrogens is 381 g/mol. The molecule has 3 aromatic rings. The number of piperidine rings is 1. The van der Waals surface area contributed by atoms with Gasteiger partial charge in [-0.15, -0.1) is 0 Å². The number of hydrogen-bond acceptors (Lipinski definition) is 4. The van der Waals surface area contributed by atoms with E-state index >= 15 is 0 Å². The molecule has 2 aliphatic rings. The number of anilines is 1. The molecular formula is C23H26FN5O. The zero-order chi connectivity index (χ0) is 20.7. The number of fused-ring (bicyclic) bond motifs is 1. The second-order valence-electron chi connectivity index (χ2n) is 8.52. The first-order valence-corrected chi connectivity index (χ1v) is 10.7. The number of halogens is 1. The average Bonchev–Trinajstić information content (AvgIpc) is 3.42. The summed E-state index contributed by atoms with van der Waals surface area (Å²) in [5.41, 5.74) is 1.69. The van der Waals surface area contributed by atoms with Crippen LogP contribution < -0.4 is 5.32 Å². The maximum atomic E-state index is 14.0. The standard InChI is InChI=1S/C23H26FN5O/c1-28-20(15-29-9-3-2-4-10-29)19(14-26-28)16-5-6-17-13-25-21(12-18(17)11-16)27-22(30)23(24)7-8-23/h5-6,11-14H,2-4,7-10,15H2,1H3,(H,25,27,30). The van der Waals surface area contributed by atoms with Gasteiger partial charge in [0.05, 0.1) is 11.9 Å². The summed E-state index contributed by atoms with van der Waals surface area (Å²) >= 11 is 0. The Morgan fingerprint density at radius 1 is 1.13 bits per heavy atom. The molecule has 0 unspecified atom stereocenters. The molecule has 1 aromatic carbocycles. The number of hydrogen-bond donors (Lipinski definition) is 1. The van der Waals surface area contributed by atoms with Gasteiger partial charge in [0.25, 0.3) is 5.91 Å². The number of carbonyl (C=O) groups excluding carboxylic acids is 1. The highest BCUT2D eigenvalue weighted by molar-refractivity contribution is 6.00. The van der Waals surface area contributed by atoms with Crippen LogP contribution in [0.4, 0.5) is 10.2 Å². The maximum absolute atomic E-state index is 14.0. The van der Waals surface area contributed by atoms with Crippen molar-refractivity contribution in [3.05, 3.63) is 42.4 Å². The second kappa shape index (κ2) is 7.47. The van der Waals surface area contributed by atoms with Gasteiger partial charge in [-0.3, -0.25) is 14.4 Å². The summed E-state index contributed by atoms with van der Waals surface area (Å²) in [6.07, 6.45) is 8.04. The lowest BCUT2D eigenvalue weighted by atomic mass is 10.0. The van der Waals surface area contributed by atoms with Crippen molar-refractivity contribution in [3.8, 4) is 11.1 Å². The number of likely N-dealkylation sites (tertiary alicyclic amines) is 1. The van der Waals surface area contributed by atoms with E-state index in [1.54, 1.807) is 6.20 Å². The fourth-order valence-electron chi connectivity index (χ4n) is 4.16. The predicted octanol–water partition coefficient (Wildman–Crippen LogP) is 4.06. The Morgan fingerprint density at radius 2 is 1.93 bits per heavy atom. The van der Waals surface area contributed by atoms with E-state index in [-0.39, 0.29) is 12.8 Å². The molecule has 1 aliphatic heterocycles. The molecule has 2 aromatic heterocycles. The van der Waals surface area contributed by atoms with Crippen LogP contribution in [0.1, 0.15) is 37.8 Å². The van der Waals surface area contributed by atoms with Gasteiger partial charge in [0, 0.05) is 30.7 Å². The number of benzene rings is 1. The van der Waals surface area contributed by atoms with Gasteiger partial charge in [0.2, 0.25) is 0 Å². The van der Waals surface area contributed by atoms with E-state index in [1.807, 2.05) is 30.1 Å². The third kappa shape index (κ3) is 3.69. The van der Waals surface area contributed by atoms with Crippen molar-refractivity contribution >= 4 is 22.5 Å². The van der Waals surface area contributed by atoms with Crippen molar-refractivity contribution in [2.75, 3.05) is 18.4 Å². The van der Waals surface area contributed by atoms with Crippen LogP contribution >= 0.6 is 0 Å². The molecule has 1 amide bonds. The van der Waals surface area contributed by atoms with E-state index < -0.39 is 11.6 Å². The first kappa shape index (κ1) is 19.2. The number of aryl methyl sites for hydroxylation is 1. The molecule has 2 fully saturated rings. The Bertz CT molecular complexity index is 1100. The molecule has 1 N–H and O–H groups in total. The third-order valence-corrected chi connectivity index (χ3v) is 6.25. The lowest BCUT2D eigenvalue weighted by Gasteiger charge is -2.26. The predicted molar refractivity (Wildman–Crippen MR) is 115 cm³/mol. The topological polar surface area (TPSA) is 63.1 Å². The van der Waals surface area contributed by atoms with Crippen LogP contribution in [0.2, 0.25) is 0 Å². The summed E-state index contributed by atoms with van der Waals surface area (Å²) in [4.78, 5) is 18.8. The largest absolute Gasteiger partial charge is 0.308 e. The minimum absolute atomic E-state index is 0.289. The molecule has 0 bridgehead atoms. The number of pyridine rings is 1. The number of nitrogens with zero attached hydrogens (tertiary/aromatic N) is 4. The number of nitrogens with one attached hydrogen (secondary N) is 1. The van der Waals surface area contributed by atoms with Crippen molar-refractivity contribution in [2.24, 2.45) is 7.05 Å². The van der Waals surface area contributed by atoms with Gasteiger partial charge in [-0.05, 0) is 61.9 Å². The molecule has 0 spiro atoms. The van der Waals surface area contributed by atoms with Gasteiger partial charge in [0.1, 0.15) is 5.82 Å². The highest BCUT2D eigenvalue weighted by Gasteiger charge is 2.51. The smallest absolute Gasteiger partial charge is 0.263 e. The molecule has 3 heterocycles. The summed E-state index contributed by atoms with van der Waals surface area (Å²) < 4.78 is 15.9. The molecule has 30 heavy (non-hydrogen) atoms. The third-order valence-electron chi connectivity index (χ3n) is 6.25. The normalized spacial score (nSPS) is 18.5. The van der Waals surface area contributed by atoms with Gasteiger partial charge in [-0.2, -0.15) is 5.10 Å². The molecule has 6 nitrogen and oxygen atoms in total. The Hall–Kier alpha value is -2.80. The minimum Gasteiger partial charge on any atom is -0.308 e. The lowest BCUT2D eigenvalue weighted by Crippen LogP contribution is -2.30. The van der Waals surface area contributed by atoms with Crippen molar-refractivity contribution in [2.45, 2.75) is 44.3 Å². The zero-order valence-electron chi connectivity index (χ0n) is 17.2. The molecule has 0 radical (unpaired) electrons. The van der Waals surface area contributed by atoms with Crippen LogP contribution in [-0.4, -0.2) is 44.3 Å². The first-order chi connectivity index (χ1) is 14.5. The molecule has 5 rings (SSSR count). The second-order valence-corrected chi connectivity index (χ2v) is 8.52. The highest BCUT2D eigenvalue weighted by Crippen LogP contribution is 2.40. The van der Waals surface area contributed by atoms with Crippen LogP contribution in [0.5, 0.6) is 0 Å². The Labute approximate surface area is 175 Å². The Kier molecular flexibility index (Phi) is 4.77. The van der Waals surface area contributed by atoms with Crippen molar-refractivity contribution in [1.29, 1.82) is 0 Å². The van der Waals surface area contributed by atoms with Crippen molar-refractivity contribution < 1.29 is 9.18 Å². The summed E-state index contributed by atoms with van der Waals surface area (Å²) in [7, 11) is 1.99. The summed E-state index contributed by atoms with van der Waals surface area (Å²) in [6, 6.07) is 8.01. The van der Waals surface area contributed by atoms with Crippen molar-refractivity contribution in [1.82, 2.24) is 19.7 Å². The minimum atomic E-state index is -1.71. The number of aromatic nitrogens is 3. The number of rotatable bonds is 5. The quantitative estimate of drug-likeness (QED) is 0.693. The van der Waals surface area contributed by atoms with E-state index in [0.717, 1.165) is 41.5 Å². The summed E-state index contributed by atoms with van der Waals surface area (Å²) in [6.45, 7) is 3.15. The molecule has 1 saturated carbocycles. The van der Waals surface area contributed by atoms with Crippen LogP contribution in [0, 0.1) is 0 Å². The average molecular weight is 407 g/mol. The van der Waals surface area contributed by atoms with Gasteiger partial charge < -0.3 is 5.32 Å². The SMILES string of the molecule is Cn1ncc(-c2ccc3cnc(NC(=O)C4(F)CC4)cc3c2)c1CN1CCCCC1. The van der Waals surface area contributed by atoms with E-state index in [4.69, 9.17) is 0 Å². The zero-order valence-corrected chi connectivity index (χ0v) is 17.2. The van der Waals surface area contributed by atoms with Crippen molar-refractivity contribution in [3.63, 3.8) is 0 Å². The summed E-state index contributed by atoms with van der Waals surface area (Å²) in [5.74, 6) is -0.213. The maximum Gasteiger partial charge on any atom is 0.263 e. The van der Waals surface area contributed by atoms with Gasteiger partial charge in [-0.25, -0.2) is 9.37 Å². The van der Waals surface area contributed by atoms with Gasteiger partial charge >= 0.3 is 0 Å². The fraction of sp³-hybridized carbons (Fsp3) is 0.435. The first-order valence-electron chi connectivity index (χ1n) is 10.7. The van der Waals surface area contributed by atoms with Crippen LogP contribution in [0.3, 0.4) is 0 Å². The van der Waals surface area contributed by atoms with E-state index in [9.17, 15) is 9.18 Å². The van der Waals surface area contributed by atoms with E-state index in [2.05, 4.69) is 32.4 Å². The van der Waals surface area contributed by atoms with Crippen LogP contribution in [0.15, 0.2) is 36.7 Å². The Morgan fingerprint density at radius 3 is 2.70 bits per heavy atom. The van der Waals surface area contributed by atoms with E-state index in [1.165, 1.54) is 25.0 Å².